The molecule has 1 aromatic carbocycles. The van der Waals surface area contributed by atoms with Crippen LogP contribution in [0.25, 0.3) is 11.3 Å². The third-order valence-corrected chi connectivity index (χ3v) is 4.75. The van der Waals surface area contributed by atoms with Crippen LogP contribution in [0.1, 0.15) is 30.8 Å². The maximum absolute atomic E-state index is 13.1. The Hall–Kier alpha value is -3.23. The average Bonchev–Trinajstić information content (AvgIpc) is 3.18. The molecule has 2 heterocycles. The molecule has 1 aliphatic rings. The van der Waals surface area contributed by atoms with Crippen molar-refractivity contribution < 1.29 is 23.3 Å². The fourth-order valence-corrected chi connectivity index (χ4v) is 3.28. The molecule has 8 nitrogen and oxygen atoms in total. The third kappa shape index (κ3) is 4.44. The van der Waals surface area contributed by atoms with Crippen molar-refractivity contribution in [2.45, 2.75) is 32.4 Å². The van der Waals surface area contributed by atoms with Crippen molar-refractivity contribution in [3.63, 3.8) is 0 Å². The molecule has 154 valence electrons. The van der Waals surface area contributed by atoms with Crippen LogP contribution in [0.3, 0.4) is 0 Å². The Balaban J connectivity index is 1.88. The predicted molar refractivity (Wildman–Crippen MR) is 102 cm³/mol. The van der Waals surface area contributed by atoms with Gasteiger partial charge >= 0.3 is 0 Å². The second-order valence-electron chi connectivity index (χ2n) is 7.36. The molecule has 0 bridgehead atoms. The van der Waals surface area contributed by atoms with E-state index in [2.05, 4.69) is 15.8 Å². The SMILES string of the molecule is CNC(=O)C1CN(C(=O)c2cc(-c3ccc(F)cc3)on2)C(CC(C)C)C(=O)N1. The molecule has 1 aliphatic heterocycles. The lowest BCUT2D eigenvalue weighted by Crippen LogP contribution is -2.65. The van der Waals surface area contributed by atoms with E-state index in [0.717, 1.165) is 0 Å². The number of rotatable bonds is 5. The van der Waals surface area contributed by atoms with Gasteiger partial charge in [-0.15, -0.1) is 0 Å². The summed E-state index contributed by atoms with van der Waals surface area (Å²) >= 11 is 0. The lowest BCUT2D eigenvalue weighted by Gasteiger charge is -2.39. The molecule has 2 aromatic rings. The van der Waals surface area contributed by atoms with Gasteiger partial charge in [-0.3, -0.25) is 14.4 Å². The van der Waals surface area contributed by atoms with E-state index in [1.54, 1.807) is 0 Å². The van der Waals surface area contributed by atoms with Gasteiger partial charge in [0.15, 0.2) is 11.5 Å². The molecule has 29 heavy (non-hydrogen) atoms. The van der Waals surface area contributed by atoms with Gasteiger partial charge in [-0.25, -0.2) is 4.39 Å². The lowest BCUT2D eigenvalue weighted by molar-refractivity contribution is -0.136. The Kier molecular flexibility index (Phi) is 5.95. The van der Waals surface area contributed by atoms with E-state index in [1.165, 1.54) is 42.3 Å². The molecular formula is C20H23FN4O4. The first kappa shape index (κ1) is 20.5. The number of nitrogens with one attached hydrogen (secondary N) is 2. The van der Waals surface area contributed by atoms with Crippen molar-refractivity contribution in [2.24, 2.45) is 5.92 Å². The summed E-state index contributed by atoms with van der Waals surface area (Å²) in [5.41, 5.74) is 0.583. The van der Waals surface area contributed by atoms with Gasteiger partial charge in [0.1, 0.15) is 17.9 Å². The highest BCUT2D eigenvalue weighted by Crippen LogP contribution is 2.24. The number of likely N-dealkylation sites (N-methyl/N-ethyl adjacent to an activating group) is 1. The number of hydrogen-bond donors (Lipinski definition) is 2. The summed E-state index contributed by atoms with van der Waals surface area (Å²) in [6.45, 7) is 3.92. The Morgan fingerprint density at radius 1 is 1.34 bits per heavy atom. The van der Waals surface area contributed by atoms with Crippen LogP contribution in [-0.4, -0.2) is 53.5 Å². The molecule has 2 N–H and O–H groups in total. The fourth-order valence-electron chi connectivity index (χ4n) is 3.28. The van der Waals surface area contributed by atoms with Crippen molar-refractivity contribution in [3.05, 3.63) is 41.8 Å². The van der Waals surface area contributed by atoms with E-state index in [0.29, 0.717) is 17.7 Å². The molecule has 2 unspecified atom stereocenters. The first-order chi connectivity index (χ1) is 13.8. The summed E-state index contributed by atoms with van der Waals surface area (Å²) in [4.78, 5) is 39.1. The fraction of sp³-hybridized carbons (Fsp3) is 0.400. The Morgan fingerprint density at radius 3 is 2.66 bits per heavy atom. The van der Waals surface area contributed by atoms with Gasteiger partial charge in [-0.2, -0.15) is 0 Å². The first-order valence-electron chi connectivity index (χ1n) is 9.35. The van der Waals surface area contributed by atoms with Crippen LogP contribution in [0.15, 0.2) is 34.9 Å². The zero-order valence-electron chi connectivity index (χ0n) is 16.4. The number of aromatic nitrogens is 1. The van der Waals surface area contributed by atoms with Gasteiger partial charge in [0, 0.05) is 18.7 Å². The van der Waals surface area contributed by atoms with Gasteiger partial charge in [0.2, 0.25) is 11.8 Å². The number of halogens is 1. The van der Waals surface area contributed by atoms with Gasteiger partial charge in [0.25, 0.3) is 5.91 Å². The molecular weight excluding hydrogens is 379 g/mol. The van der Waals surface area contributed by atoms with E-state index < -0.39 is 18.0 Å². The van der Waals surface area contributed by atoms with Crippen molar-refractivity contribution >= 4 is 17.7 Å². The van der Waals surface area contributed by atoms with Gasteiger partial charge in [-0.05, 0) is 36.6 Å². The van der Waals surface area contributed by atoms with Gasteiger partial charge in [-0.1, -0.05) is 19.0 Å². The second kappa shape index (κ2) is 8.42. The summed E-state index contributed by atoms with van der Waals surface area (Å²) in [7, 11) is 1.47. The molecule has 0 spiro atoms. The van der Waals surface area contributed by atoms with Gasteiger partial charge < -0.3 is 20.1 Å². The molecule has 0 radical (unpaired) electrons. The maximum Gasteiger partial charge on any atom is 0.276 e. The molecule has 0 saturated carbocycles. The molecule has 1 saturated heterocycles. The Bertz CT molecular complexity index is 909. The Morgan fingerprint density at radius 2 is 2.03 bits per heavy atom. The van der Waals surface area contributed by atoms with Crippen LogP contribution in [0, 0.1) is 11.7 Å². The van der Waals surface area contributed by atoms with E-state index in [4.69, 9.17) is 4.52 Å². The summed E-state index contributed by atoms with van der Waals surface area (Å²) in [6.07, 6.45) is 0.445. The average molecular weight is 402 g/mol. The van der Waals surface area contributed by atoms with Crippen LogP contribution in [0.4, 0.5) is 4.39 Å². The number of hydrogen-bond acceptors (Lipinski definition) is 5. The van der Waals surface area contributed by atoms with E-state index in [9.17, 15) is 18.8 Å². The van der Waals surface area contributed by atoms with Gasteiger partial charge in [0.05, 0.1) is 6.54 Å². The van der Waals surface area contributed by atoms with Crippen LogP contribution >= 0.6 is 0 Å². The quantitative estimate of drug-likeness (QED) is 0.790. The number of amides is 3. The van der Waals surface area contributed by atoms with Crippen LogP contribution in [-0.2, 0) is 9.59 Å². The van der Waals surface area contributed by atoms with E-state index in [1.807, 2.05) is 13.8 Å². The third-order valence-electron chi connectivity index (χ3n) is 4.75. The van der Waals surface area contributed by atoms with Crippen LogP contribution in [0.2, 0.25) is 0 Å². The minimum absolute atomic E-state index is 0.0171. The summed E-state index contributed by atoms with van der Waals surface area (Å²) in [6, 6.07) is 5.48. The first-order valence-corrected chi connectivity index (χ1v) is 9.35. The number of nitrogens with zero attached hydrogens (tertiary/aromatic N) is 2. The number of piperazine rings is 1. The van der Waals surface area contributed by atoms with Crippen molar-refractivity contribution in [2.75, 3.05) is 13.6 Å². The predicted octanol–water partition coefficient (Wildman–Crippen LogP) is 1.58. The topological polar surface area (TPSA) is 105 Å². The molecule has 1 fully saturated rings. The molecule has 0 aliphatic carbocycles. The number of benzene rings is 1. The Labute approximate surface area is 167 Å². The van der Waals surface area contributed by atoms with Crippen molar-refractivity contribution in [1.29, 1.82) is 0 Å². The van der Waals surface area contributed by atoms with E-state index in [-0.39, 0.29) is 35.8 Å². The molecule has 2 atom stereocenters. The zero-order chi connectivity index (χ0) is 21.1. The van der Waals surface area contributed by atoms with Crippen molar-refractivity contribution in [3.8, 4) is 11.3 Å². The van der Waals surface area contributed by atoms with Crippen LogP contribution < -0.4 is 10.6 Å². The molecule has 1 aromatic heterocycles. The second-order valence-corrected chi connectivity index (χ2v) is 7.36. The number of carbonyl (C=O) groups is 3. The van der Waals surface area contributed by atoms with E-state index >= 15 is 0 Å². The van der Waals surface area contributed by atoms with Crippen molar-refractivity contribution in [1.82, 2.24) is 20.7 Å². The maximum atomic E-state index is 13.1. The minimum atomic E-state index is -0.844. The standard InChI is InChI=1S/C20H23FN4O4/c1-11(2)8-16-19(27)23-15(18(26)22-3)10-25(16)20(28)14-9-17(29-24-14)12-4-6-13(21)7-5-12/h4-7,9,11,15-16H,8,10H2,1-3H3,(H,22,26)(H,23,27). The minimum Gasteiger partial charge on any atom is -0.357 e. The normalized spacial score (nSPS) is 19.2. The molecule has 3 rings (SSSR count). The summed E-state index contributed by atoms with van der Waals surface area (Å²) in [5, 5.41) is 8.98. The molecule has 3 amide bonds. The van der Waals surface area contributed by atoms with Crippen LogP contribution in [0.5, 0.6) is 0 Å². The number of carbonyl (C=O) groups excluding carboxylic acids is 3. The highest BCUT2D eigenvalue weighted by atomic mass is 19.1. The highest BCUT2D eigenvalue weighted by Gasteiger charge is 2.40. The highest BCUT2D eigenvalue weighted by molar-refractivity contribution is 5.99. The smallest absolute Gasteiger partial charge is 0.276 e. The summed E-state index contributed by atoms with van der Waals surface area (Å²) in [5.74, 6) is -1.19. The lowest BCUT2D eigenvalue weighted by atomic mass is 9.97. The largest absolute Gasteiger partial charge is 0.357 e. The summed E-state index contributed by atoms with van der Waals surface area (Å²) < 4.78 is 18.4. The molecule has 9 heteroatoms. The zero-order valence-corrected chi connectivity index (χ0v) is 16.4. The monoisotopic (exact) mass is 402 g/mol.